The Morgan fingerprint density at radius 2 is 1.64 bits per heavy atom. The van der Waals surface area contributed by atoms with Crippen molar-refractivity contribution in [2.45, 2.75) is 11.3 Å². The third-order valence-corrected chi connectivity index (χ3v) is 7.06. The van der Waals surface area contributed by atoms with Gasteiger partial charge in [-0.3, -0.25) is 9.10 Å². The molecule has 1 amide bonds. The molecule has 10 heteroatoms. The second-order valence-electron chi connectivity index (χ2n) is 7.07. The predicted octanol–water partition coefficient (Wildman–Crippen LogP) is 4.28. The molecule has 0 radical (unpaired) electrons. The maximum atomic E-state index is 13.6. The van der Waals surface area contributed by atoms with Gasteiger partial charge in [-0.05, 0) is 60.0 Å². The quantitative estimate of drug-likeness (QED) is 0.464. The lowest BCUT2D eigenvalue weighted by atomic mass is 10.0. The van der Waals surface area contributed by atoms with E-state index in [0.29, 0.717) is 27.8 Å². The highest BCUT2D eigenvalue weighted by Crippen LogP contribution is 2.34. The molecule has 3 aromatic rings. The Balaban J connectivity index is 2.14. The van der Waals surface area contributed by atoms with Crippen LogP contribution in [0.3, 0.4) is 0 Å². The van der Waals surface area contributed by atoms with E-state index >= 15 is 0 Å². The van der Waals surface area contributed by atoms with Crippen LogP contribution in [0.5, 0.6) is 11.5 Å². The molecule has 0 aromatic heterocycles. The number of benzene rings is 3. The molecule has 0 spiro atoms. The summed E-state index contributed by atoms with van der Waals surface area (Å²) in [5.41, 5.74) is 7.12. The van der Waals surface area contributed by atoms with Crippen LogP contribution in [0.4, 0.5) is 5.69 Å². The fourth-order valence-electron chi connectivity index (χ4n) is 3.35. The van der Waals surface area contributed by atoms with E-state index in [4.69, 9.17) is 38.4 Å². The average molecular weight is 509 g/mol. The average Bonchev–Trinajstić information content (AvgIpc) is 2.77. The van der Waals surface area contributed by atoms with E-state index in [2.05, 4.69) is 0 Å². The Morgan fingerprint density at radius 3 is 2.27 bits per heavy atom. The molecule has 0 unspecified atom stereocenters. The minimum absolute atomic E-state index is 0.0925. The summed E-state index contributed by atoms with van der Waals surface area (Å²) in [5.74, 6) is -0.221. The van der Waals surface area contributed by atoms with Crippen LogP contribution in [0.2, 0.25) is 10.0 Å². The molecule has 0 heterocycles. The van der Waals surface area contributed by atoms with E-state index in [1.54, 1.807) is 36.4 Å². The van der Waals surface area contributed by atoms with Crippen LogP contribution in [-0.4, -0.2) is 35.1 Å². The van der Waals surface area contributed by atoms with Crippen molar-refractivity contribution in [2.75, 3.05) is 25.1 Å². The first-order valence-electron chi connectivity index (χ1n) is 9.71. The first-order chi connectivity index (χ1) is 15.6. The molecule has 0 aliphatic rings. The Bertz CT molecular complexity index is 1280. The van der Waals surface area contributed by atoms with Crippen molar-refractivity contribution in [1.29, 1.82) is 0 Å². The molecule has 0 aliphatic carbocycles. The summed E-state index contributed by atoms with van der Waals surface area (Å²) < 4.78 is 38.7. The summed E-state index contributed by atoms with van der Waals surface area (Å²) in [6.07, 6.45) is 0.327. The zero-order valence-corrected chi connectivity index (χ0v) is 20.2. The molecule has 0 atom stereocenters. The van der Waals surface area contributed by atoms with Gasteiger partial charge in [0, 0.05) is 16.1 Å². The molecule has 0 saturated carbocycles. The SMILES string of the molecule is COc1ccc(S(=O)(=O)N(CC(N)=O)c2ccc(Cl)cc2Cc2cccc(Cl)c2)cc1OC. The van der Waals surface area contributed by atoms with Gasteiger partial charge in [0.2, 0.25) is 5.91 Å². The summed E-state index contributed by atoms with van der Waals surface area (Å²) in [6.45, 7) is -0.569. The lowest BCUT2D eigenvalue weighted by Gasteiger charge is -2.26. The first kappa shape index (κ1) is 24.7. The smallest absolute Gasteiger partial charge is 0.264 e. The molecular weight excluding hydrogens is 487 g/mol. The molecule has 2 N–H and O–H groups in total. The number of amides is 1. The number of ether oxygens (including phenoxy) is 2. The number of hydrogen-bond acceptors (Lipinski definition) is 5. The standard InChI is InChI=1S/C23H22Cl2N2O5S/c1-31-21-9-7-19(13-22(21)32-2)33(29,30)27(14-23(26)28)20-8-6-18(25)12-16(20)10-15-4-3-5-17(24)11-15/h3-9,11-13H,10,14H2,1-2H3,(H2,26,28). The number of sulfonamides is 1. The second-order valence-corrected chi connectivity index (χ2v) is 9.81. The van der Waals surface area contributed by atoms with E-state index in [9.17, 15) is 13.2 Å². The van der Waals surface area contributed by atoms with E-state index in [-0.39, 0.29) is 16.3 Å². The zero-order chi connectivity index (χ0) is 24.2. The Labute approximate surface area is 202 Å². The van der Waals surface area contributed by atoms with Gasteiger partial charge < -0.3 is 15.2 Å². The predicted molar refractivity (Wildman–Crippen MR) is 129 cm³/mol. The molecule has 174 valence electrons. The van der Waals surface area contributed by atoms with Crippen molar-refractivity contribution in [2.24, 2.45) is 5.73 Å². The molecule has 3 aromatic carbocycles. The van der Waals surface area contributed by atoms with Crippen LogP contribution in [-0.2, 0) is 21.2 Å². The second kappa shape index (κ2) is 10.3. The number of methoxy groups -OCH3 is 2. The topological polar surface area (TPSA) is 98.9 Å². The van der Waals surface area contributed by atoms with Crippen LogP contribution >= 0.6 is 23.2 Å². The van der Waals surface area contributed by atoms with Crippen molar-refractivity contribution >= 4 is 44.8 Å². The molecule has 0 saturated heterocycles. The maximum Gasteiger partial charge on any atom is 0.264 e. The summed E-state index contributed by atoms with van der Waals surface area (Å²) in [4.78, 5) is 11.8. The lowest BCUT2D eigenvalue weighted by molar-refractivity contribution is -0.116. The highest BCUT2D eigenvalue weighted by molar-refractivity contribution is 7.92. The van der Waals surface area contributed by atoms with Crippen molar-refractivity contribution in [1.82, 2.24) is 0 Å². The number of nitrogens with two attached hydrogens (primary N) is 1. The van der Waals surface area contributed by atoms with E-state index in [1.807, 2.05) is 6.07 Å². The van der Waals surface area contributed by atoms with Crippen molar-refractivity contribution in [3.8, 4) is 11.5 Å². The van der Waals surface area contributed by atoms with Gasteiger partial charge in [0.05, 0.1) is 24.8 Å². The summed E-state index contributed by atoms with van der Waals surface area (Å²) in [6, 6.07) is 16.1. The third-order valence-electron chi connectivity index (χ3n) is 4.84. The number of hydrogen-bond donors (Lipinski definition) is 1. The van der Waals surface area contributed by atoms with Crippen LogP contribution in [0.1, 0.15) is 11.1 Å². The number of carbonyl (C=O) groups excluding carboxylic acids is 1. The first-order valence-corrected chi connectivity index (χ1v) is 11.9. The van der Waals surface area contributed by atoms with Gasteiger partial charge >= 0.3 is 0 Å². The number of nitrogens with zero attached hydrogens (tertiary/aromatic N) is 1. The van der Waals surface area contributed by atoms with Gasteiger partial charge in [0.1, 0.15) is 6.54 Å². The van der Waals surface area contributed by atoms with Crippen molar-refractivity contribution < 1.29 is 22.7 Å². The van der Waals surface area contributed by atoms with Gasteiger partial charge in [-0.25, -0.2) is 8.42 Å². The third kappa shape index (κ3) is 5.71. The number of halogens is 2. The molecule has 33 heavy (non-hydrogen) atoms. The normalized spacial score (nSPS) is 11.2. The van der Waals surface area contributed by atoms with E-state index in [0.717, 1.165) is 9.87 Å². The van der Waals surface area contributed by atoms with Crippen LogP contribution in [0.25, 0.3) is 0 Å². The molecule has 3 rings (SSSR count). The van der Waals surface area contributed by atoms with Gasteiger partial charge in [-0.2, -0.15) is 0 Å². The number of carbonyl (C=O) groups is 1. The highest BCUT2D eigenvalue weighted by atomic mass is 35.5. The number of anilines is 1. The molecular formula is C23H22Cl2N2O5S. The van der Waals surface area contributed by atoms with Crippen molar-refractivity contribution in [3.63, 3.8) is 0 Å². The highest BCUT2D eigenvalue weighted by Gasteiger charge is 2.29. The minimum atomic E-state index is -4.21. The Kier molecular flexibility index (Phi) is 7.73. The Hall–Kier alpha value is -2.94. The molecule has 0 bridgehead atoms. The zero-order valence-electron chi connectivity index (χ0n) is 17.9. The Morgan fingerprint density at radius 1 is 0.939 bits per heavy atom. The summed E-state index contributed by atoms with van der Waals surface area (Å²) in [7, 11) is -1.37. The van der Waals surface area contributed by atoms with Crippen molar-refractivity contribution in [3.05, 3.63) is 81.8 Å². The van der Waals surface area contributed by atoms with Gasteiger partial charge in [0.25, 0.3) is 10.0 Å². The summed E-state index contributed by atoms with van der Waals surface area (Å²) >= 11 is 12.3. The minimum Gasteiger partial charge on any atom is -0.493 e. The number of primary amides is 1. The van der Waals surface area contributed by atoms with Crippen LogP contribution < -0.4 is 19.5 Å². The fourth-order valence-corrected chi connectivity index (χ4v) is 5.24. The fraction of sp³-hybridized carbons (Fsp3) is 0.174. The molecule has 7 nitrogen and oxygen atoms in total. The van der Waals surface area contributed by atoms with Gasteiger partial charge in [-0.15, -0.1) is 0 Å². The maximum absolute atomic E-state index is 13.6. The molecule has 0 aliphatic heterocycles. The van der Waals surface area contributed by atoms with Gasteiger partial charge in [-0.1, -0.05) is 35.3 Å². The van der Waals surface area contributed by atoms with E-state index < -0.39 is 22.5 Å². The number of rotatable bonds is 9. The van der Waals surface area contributed by atoms with Gasteiger partial charge in [0.15, 0.2) is 11.5 Å². The largest absolute Gasteiger partial charge is 0.493 e. The van der Waals surface area contributed by atoms with Crippen LogP contribution in [0.15, 0.2) is 65.6 Å². The summed E-state index contributed by atoms with van der Waals surface area (Å²) in [5, 5.41) is 0.960. The molecule has 0 fully saturated rings. The van der Waals surface area contributed by atoms with Crippen LogP contribution in [0, 0.1) is 0 Å². The monoisotopic (exact) mass is 508 g/mol. The van der Waals surface area contributed by atoms with E-state index in [1.165, 1.54) is 32.4 Å². The lowest BCUT2D eigenvalue weighted by Crippen LogP contribution is -2.39.